The largest absolute Gasteiger partial charge is 0.479 e. The average molecular weight is 144 g/mol. The first-order valence-electron chi connectivity index (χ1n) is 3.14. The Balaban J connectivity index is 4.12. The Morgan fingerprint density at radius 2 is 2.20 bits per heavy atom. The fraction of sp³-hybridized carbons (Fsp3) is 0.571. The van der Waals surface area contributed by atoms with Gasteiger partial charge in [-0.3, -0.25) is 0 Å². The number of carboxylic acids is 1. The lowest BCUT2D eigenvalue weighted by Gasteiger charge is -2.11. The molecule has 1 unspecified atom stereocenters. The smallest absolute Gasteiger partial charge is 0.339 e. The summed E-state index contributed by atoms with van der Waals surface area (Å²) in [5.74, 6) is -1.22. The van der Waals surface area contributed by atoms with Gasteiger partial charge in [0.05, 0.1) is 0 Å². The van der Waals surface area contributed by atoms with Crippen molar-refractivity contribution < 1.29 is 15.0 Å². The third kappa shape index (κ3) is 2.64. The van der Waals surface area contributed by atoms with E-state index in [4.69, 9.17) is 10.2 Å². The number of allylic oxidation sites excluding steroid dienone is 1. The fourth-order valence-corrected chi connectivity index (χ4v) is 0.419. The SMILES string of the molecule is CCC=CC(C)(O)C(=O)O. The Morgan fingerprint density at radius 1 is 1.70 bits per heavy atom. The normalized spacial score (nSPS) is 17.1. The van der Waals surface area contributed by atoms with Crippen LogP contribution in [-0.2, 0) is 4.79 Å². The monoisotopic (exact) mass is 144 g/mol. The molecule has 0 spiro atoms. The van der Waals surface area contributed by atoms with E-state index >= 15 is 0 Å². The van der Waals surface area contributed by atoms with Gasteiger partial charge in [0.2, 0.25) is 0 Å². The summed E-state index contributed by atoms with van der Waals surface area (Å²) in [6.45, 7) is 3.11. The van der Waals surface area contributed by atoms with Crippen LogP contribution in [-0.4, -0.2) is 21.8 Å². The van der Waals surface area contributed by atoms with Gasteiger partial charge in [0.15, 0.2) is 5.60 Å². The molecule has 0 aliphatic carbocycles. The maximum Gasteiger partial charge on any atom is 0.339 e. The molecule has 0 saturated carbocycles. The lowest BCUT2D eigenvalue weighted by Crippen LogP contribution is -2.32. The first kappa shape index (κ1) is 9.17. The fourth-order valence-electron chi connectivity index (χ4n) is 0.419. The molecule has 0 aromatic heterocycles. The van der Waals surface area contributed by atoms with Crippen molar-refractivity contribution in [1.82, 2.24) is 0 Å². The van der Waals surface area contributed by atoms with Crippen LogP contribution in [0.2, 0.25) is 0 Å². The van der Waals surface area contributed by atoms with Crippen molar-refractivity contribution in [3.05, 3.63) is 12.2 Å². The van der Waals surface area contributed by atoms with Crippen LogP contribution in [0.3, 0.4) is 0 Å². The molecule has 0 aromatic rings. The highest BCUT2D eigenvalue weighted by atomic mass is 16.4. The van der Waals surface area contributed by atoms with Gasteiger partial charge in [-0.05, 0) is 19.4 Å². The molecule has 3 heteroatoms. The van der Waals surface area contributed by atoms with E-state index in [0.29, 0.717) is 0 Å². The van der Waals surface area contributed by atoms with Crippen LogP contribution in [0.5, 0.6) is 0 Å². The Morgan fingerprint density at radius 3 is 2.50 bits per heavy atom. The third-order valence-electron chi connectivity index (χ3n) is 1.11. The number of rotatable bonds is 3. The maximum absolute atomic E-state index is 10.2. The second kappa shape index (κ2) is 3.37. The van der Waals surface area contributed by atoms with E-state index in [1.807, 2.05) is 6.92 Å². The first-order chi connectivity index (χ1) is 4.50. The topological polar surface area (TPSA) is 57.5 Å². The molecule has 0 fully saturated rings. The van der Waals surface area contributed by atoms with Crippen molar-refractivity contribution in [1.29, 1.82) is 0 Å². The number of aliphatic hydroxyl groups is 1. The van der Waals surface area contributed by atoms with Crippen LogP contribution in [0.4, 0.5) is 0 Å². The number of aliphatic carboxylic acids is 1. The number of carboxylic acid groups (broad SMARTS) is 1. The summed E-state index contributed by atoms with van der Waals surface area (Å²) in [5.41, 5.74) is -1.71. The molecule has 3 nitrogen and oxygen atoms in total. The average Bonchev–Trinajstić information content (AvgIpc) is 1.84. The van der Waals surface area contributed by atoms with Gasteiger partial charge in [-0.2, -0.15) is 0 Å². The number of carbonyl (C=O) groups is 1. The zero-order chi connectivity index (χ0) is 8.20. The predicted octanol–water partition coefficient (Wildman–Crippen LogP) is 0.788. The summed E-state index contributed by atoms with van der Waals surface area (Å²) in [7, 11) is 0. The first-order valence-corrected chi connectivity index (χ1v) is 3.14. The Hall–Kier alpha value is -0.830. The van der Waals surface area contributed by atoms with Crippen LogP contribution in [0.1, 0.15) is 20.3 Å². The maximum atomic E-state index is 10.2. The summed E-state index contributed by atoms with van der Waals surface area (Å²) in [6.07, 6.45) is 3.62. The standard InChI is InChI=1S/C7H12O3/c1-3-4-5-7(2,10)6(8)9/h4-5,10H,3H2,1-2H3,(H,8,9). The molecule has 1 atom stereocenters. The van der Waals surface area contributed by atoms with E-state index in [9.17, 15) is 4.79 Å². The van der Waals surface area contributed by atoms with Gasteiger partial charge in [0.25, 0.3) is 0 Å². The van der Waals surface area contributed by atoms with Gasteiger partial charge in [0, 0.05) is 0 Å². The quantitative estimate of drug-likeness (QED) is 0.576. The molecule has 58 valence electrons. The summed E-state index contributed by atoms with van der Waals surface area (Å²) in [4.78, 5) is 10.2. The molecule has 0 saturated heterocycles. The van der Waals surface area contributed by atoms with Crippen LogP contribution in [0.25, 0.3) is 0 Å². The highest BCUT2D eigenvalue weighted by Crippen LogP contribution is 2.05. The van der Waals surface area contributed by atoms with Crippen LogP contribution >= 0.6 is 0 Å². The third-order valence-corrected chi connectivity index (χ3v) is 1.11. The molecular formula is C7H12O3. The number of hydrogen-bond donors (Lipinski definition) is 2. The summed E-state index contributed by atoms with van der Waals surface area (Å²) in [6, 6.07) is 0. The molecule has 0 bridgehead atoms. The highest BCUT2D eigenvalue weighted by molar-refractivity contribution is 5.78. The van der Waals surface area contributed by atoms with Crippen molar-refractivity contribution in [3.8, 4) is 0 Å². The van der Waals surface area contributed by atoms with Gasteiger partial charge < -0.3 is 10.2 Å². The molecule has 0 amide bonds. The molecule has 0 aliphatic heterocycles. The second-order valence-corrected chi connectivity index (χ2v) is 2.26. The van der Waals surface area contributed by atoms with Gasteiger partial charge in [0.1, 0.15) is 0 Å². The van der Waals surface area contributed by atoms with E-state index in [1.165, 1.54) is 13.0 Å². The Kier molecular flexibility index (Phi) is 3.09. The zero-order valence-corrected chi connectivity index (χ0v) is 6.16. The van der Waals surface area contributed by atoms with E-state index < -0.39 is 11.6 Å². The predicted molar refractivity (Wildman–Crippen MR) is 37.7 cm³/mol. The Bertz CT molecular complexity index is 147. The van der Waals surface area contributed by atoms with E-state index in [2.05, 4.69) is 0 Å². The lowest BCUT2D eigenvalue weighted by atomic mass is 10.1. The number of hydrogen-bond acceptors (Lipinski definition) is 2. The van der Waals surface area contributed by atoms with Crippen LogP contribution in [0.15, 0.2) is 12.2 Å². The van der Waals surface area contributed by atoms with Crippen molar-refractivity contribution in [2.24, 2.45) is 0 Å². The molecule has 10 heavy (non-hydrogen) atoms. The second-order valence-electron chi connectivity index (χ2n) is 2.26. The Labute approximate surface area is 60.0 Å². The molecule has 2 N–H and O–H groups in total. The van der Waals surface area contributed by atoms with Crippen molar-refractivity contribution in [3.63, 3.8) is 0 Å². The highest BCUT2D eigenvalue weighted by Gasteiger charge is 2.25. The van der Waals surface area contributed by atoms with Gasteiger partial charge in [-0.1, -0.05) is 13.0 Å². The molecule has 0 aromatic carbocycles. The molecule has 0 aliphatic rings. The lowest BCUT2D eigenvalue weighted by molar-refractivity contribution is -0.151. The summed E-state index contributed by atoms with van der Waals surface area (Å²) < 4.78 is 0. The van der Waals surface area contributed by atoms with Gasteiger partial charge in [-0.25, -0.2) is 4.79 Å². The van der Waals surface area contributed by atoms with Crippen LogP contribution < -0.4 is 0 Å². The van der Waals surface area contributed by atoms with Gasteiger partial charge >= 0.3 is 5.97 Å². The van der Waals surface area contributed by atoms with E-state index in [-0.39, 0.29) is 0 Å². The molecular weight excluding hydrogens is 132 g/mol. The minimum absolute atomic E-state index is 0.726. The van der Waals surface area contributed by atoms with Crippen molar-refractivity contribution in [2.45, 2.75) is 25.9 Å². The molecule has 0 heterocycles. The van der Waals surface area contributed by atoms with E-state index in [0.717, 1.165) is 6.42 Å². The molecule has 0 radical (unpaired) electrons. The minimum Gasteiger partial charge on any atom is -0.479 e. The van der Waals surface area contributed by atoms with Gasteiger partial charge in [-0.15, -0.1) is 0 Å². The van der Waals surface area contributed by atoms with Crippen molar-refractivity contribution >= 4 is 5.97 Å². The summed E-state index contributed by atoms with van der Waals surface area (Å²) in [5, 5.41) is 17.4. The van der Waals surface area contributed by atoms with E-state index in [1.54, 1.807) is 6.08 Å². The van der Waals surface area contributed by atoms with Crippen LogP contribution in [0, 0.1) is 0 Å². The van der Waals surface area contributed by atoms with Crippen molar-refractivity contribution in [2.75, 3.05) is 0 Å². The molecule has 0 rings (SSSR count). The zero-order valence-electron chi connectivity index (χ0n) is 6.16. The summed E-state index contributed by atoms with van der Waals surface area (Å²) >= 11 is 0. The minimum atomic E-state index is -1.71.